The minimum absolute atomic E-state index is 0.0413. The molecule has 2 N–H and O–H groups in total. The van der Waals surface area contributed by atoms with Crippen molar-refractivity contribution in [1.82, 2.24) is 0 Å². The number of aliphatic carboxylic acids is 2. The number of rotatable bonds is 5. The molecule has 0 bridgehead atoms. The normalized spacial score (nSPS) is 10.0. The standard InChI is InChI=1S/C18H14O4/c1-11(17(19)20)13-3-7-15(8-4-13)16-9-5-14(6-10-16)12(2)18(21)22/h3-10H,1-2H2,(H,19,20)(H,21,22). The van der Waals surface area contributed by atoms with Gasteiger partial charge in [-0.25, -0.2) is 9.59 Å². The van der Waals surface area contributed by atoms with Gasteiger partial charge in [0, 0.05) is 0 Å². The van der Waals surface area contributed by atoms with Crippen LogP contribution >= 0.6 is 0 Å². The smallest absolute Gasteiger partial charge is 0.335 e. The summed E-state index contributed by atoms with van der Waals surface area (Å²) in [6.45, 7) is 7.02. The topological polar surface area (TPSA) is 74.6 Å². The molecule has 0 aliphatic carbocycles. The van der Waals surface area contributed by atoms with Crippen LogP contribution in [0.2, 0.25) is 0 Å². The Morgan fingerprint density at radius 3 is 1.14 bits per heavy atom. The van der Waals surface area contributed by atoms with Crippen molar-refractivity contribution in [3.8, 4) is 11.1 Å². The van der Waals surface area contributed by atoms with Crippen LogP contribution in [0.4, 0.5) is 0 Å². The van der Waals surface area contributed by atoms with Crippen molar-refractivity contribution in [3.05, 3.63) is 72.8 Å². The van der Waals surface area contributed by atoms with Crippen LogP contribution in [-0.4, -0.2) is 22.2 Å². The van der Waals surface area contributed by atoms with Crippen LogP contribution in [0.15, 0.2) is 61.7 Å². The molecule has 0 spiro atoms. The van der Waals surface area contributed by atoms with Gasteiger partial charge in [-0.1, -0.05) is 61.7 Å². The van der Waals surface area contributed by atoms with Gasteiger partial charge in [0.25, 0.3) is 0 Å². The fraction of sp³-hybridized carbons (Fsp3) is 0. The third-order valence-corrected chi connectivity index (χ3v) is 3.32. The first-order chi connectivity index (χ1) is 10.4. The van der Waals surface area contributed by atoms with Crippen LogP contribution < -0.4 is 0 Å². The van der Waals surface area contributed by atoms with E-state index in [2.05, 4.69) is 13.2 Å². The number of carboxylic acid groups (broad SMARTS) is 2. The van der Waals surface area contributed by atoms with Gasteiger partial charge in [-0.05, 0) is 22.3 Å². The average Bonchev–Trinajstić information content (AvgIpc) is 2.53. The molecule has 0 fully saturated rings. The zero-order valence-electron chi connectivity index (χ0n) is 11.7. The molecule has 22 heavy (non-hydrogen) atoms. The van der Waals surface area contributed by atoms with Gasteiger partial charge in [-0.2, -0.15) is 0 Å². The summed E-state index contributed by atoms with van der Waals surface area (Å²) in [7, 11) is 0. The fourth-order valence-electron chi connectivity index (χ4n) is 1.97. The molecular formula is C18H14O4. The first-order valence-electron chi connectivity index (χ1n) is 6.46. The summed E-state index contributed by atoms with van der Waals surface area (Å²) >= 11 is 0. The molecule has 0 aliphatic heterocycles. The number of carboxylic acids is 2. The van der Waals surface area contributed by atoms with Crippen molar-refractivity contribution in [2.75, 3.05) is 0 Å². The molecule has 0 unspecified atom stereocenters. The monoisotopic (exact) mass is 294 g/mol. The van der Waals surface area contributed by atoms with Crippen LogP contribution in [0.25, 0.3) is 22.3 Å². The van der Waals surface area contributed by atoms with E-state index in [1.54, 1.807) is 48.5 Å². The first-order valence-corrected chi connectivity index (χ1v) is 6.46. The van der Waals surface area contributed by atoms with Crippen LogP contribution in [0.1, 0.15) is 11.1 Å². The van der Waals surface area contributed by atoms with E-state index in [9.17, 15) is 9.59 Å². The van der Waals surface area contributed by atoms with E-state index in [1.165, 1.54) is 0 Å². The molecule has 0 amide bonds. The van der Waals surface area contributed by atoms with Gasteiger partial charge in [0.1, 0.15) is 0 Å². The second-order valence-electron chi connectivity index (χ2n) is 4.72. The van der Waals surface area contributed by atoms with Gasteiger partial charge < -0.3 is 10.2 Å². The highest BCUT2D eigenvalue weighted by Crippen LogP contribution is 2.24. The highest BCUT2D eigenvalue weighted by atomic mass is 16.4. The van der Waals surface area contributed by atoms with E-state index in [-0.39, 0.29) is 11.1 Å². The maximum absolute atomic E-state index is 10.9. The van der Waals surface area contributed by atoms with Crippen molar-refractivity contribution in [1.29, 1.82) is 0 Å². The second kappa shape index (κ2) is 6.10. The minimum atomic E-state index is -1.05. The SMILES string of the molecule is C=C(C(=O)O)c1ccc(-c2ccc(C(=C)C(=O)O)cc2)cc1. The van der Waals surface area contributed by atoms with Gasteiger partial charge in [0.05, 0.1) is 11.1 Å². The lowest BCUT2D eigenvalue weighted by Crippen LogP contribution is -1.98. The van der Waals surface area contributed by atoms with Crippen molar-refractivity contribution < 1.29 is 19.8 Å². The van der Waals surface area contributed by atoms with Gasteiger partial charge in [0.15, 0.2) is 0 Å². The van der Waals surface area contributed by atoms with Crippen molar-refractivity contribution >= 4 is 23.1 Å². The number of hydrogen-bond acceptors (Lipinski definition) is 2. The number of benzene rings is 2. The van der Waals surface area contributed by atoms with Crippen LogP contribution in [0.3, 0.4) is 0 Å². The summed E-state index contributed by atoms with van der Waals surface area (Å²) in [5.41, 5.74) is 2.97. The number of hydrogen-bond donors (Lipinski definition) is 2. The summed E-state index contributed by atoms with van der Waals surface area (Å²) < 4.78 is 0. The molecular weight excluding hydrogens is 280 g/mol. The minimum Gasteiger partial charge on any atom is -0.478 e. The lowest BCUT2D eigenvalue weighted by Gasteiger charge is -2.06. The molecule has 2 aromatic carbocycles. The third-order valence-electron chi connectivity index (χ3n) is 3.32. The van der Waals surface area contributed by atoms with E-state index in [1.807, 2.05) is 0 Å². The van der Waals surface area contributed by atoms with Gasteiger partial charge in [-0.15, -0.1) is 0 Å². The molecule has 0 heterocycles. The van der Waals surface area contributed by atoms with E-state index < -0.39 is 11.9 Å². The summed E-state index contributed by atoms with van der Waals surface area (Å²) in [6, 6.07) is 13.9. The summed E-state index contributed by atoms with van der Waals surface area (Å²) in [4.78, 5) is 21.7. The zero-order chi connectivity index (χ0) is 16.3. The maximum atomic E-state index is 10.9. The predicted molar refractivity (Wildman–Crippen MR) is 85.2 cm³/mol. The van der Waals surface area contributed by atoms with Crippen molar-refractivity contribution in [2.24, 2.45) is 0 Å². The van der Waals surface area contributed by atoms with Crippen molar-refractivity contribution in [2.45, 2.75) is 0 Å². The molecule has 110 valence electrons. The molecule has 0 saturated heterocycles. The van der Waals surface area contributed by atoms with Crippen molar-refractivity contribution in [3.63, 3.8) is 0 Å². The van der Waals surface area contributed by atoms with Gasteiger partial charge in [0.2, 0.25) is 0 Å². The molecule has 0 radical (unpaired) electrons. The molecule has 0 aromatic heterocycles. The Hall–Kier alpha value is -3.14. The lowest BCUT2D eigenvalue weighted by molar-refractivity contribution is -0.131. The Labute approximate surface area is 127 Å². The molecule has 0 aliphatic rings. The maximum Gasteiger partial charge on any atom is 0.335 e. The lowest BCUT2D eigenvalue weighted by atomic mass is 9.99. The second-order valence-corrected chi connectivity index (χ2v) is 4.72. The van der Waals surface area contributed by atoms with Crippen LogP contribution in [-0.2, 0) is 9.59 Å². The number of carbonyl (C=O) groups is 2. The Morgan fingerprint density at radius 1 is 0.636 bits per heavy atom. The summed E-state index contributed by atoms with van der Waals surface area (Å²) in [5.74, 6) is -2.10. The Balaban J connectivity index is 2.26. The molecule has 0 saturated carbocycles. The predicted octanol–water partition coefficient (Wildman–Crippen LogP) is 3.55. The highest BCUT2D eigenvalue weighted by Gasteiger charge is 2.09. The van der Waals surface area contributed by atoms with E-state index >= 15 is 0 Å². The molecule has 4 nitrogen and oxygen atoms in total. The Kier molecular flexibility index (Phi) is 4.23. The molecule has 2 aromatic rings. The quantitative estimate of drug-likeness (QED) is 0.827. The van der Waals surface area contributed by atoms with Crippen LogP contribution in [0.5, 0.6) is 0 Å². The molecule has 4 heteroatoms. The van der Waals surface area contributed by atoms with E-state index in [4.69, 9.17) is 10.2 Å². The van der Waals surface area contributed by atoms with E-state index in [0.29, 0.717) is 11.1 Å². The average molecular weight is 294 g/mol. The zero-order valence-corrected chi connectivity index (χ0v) is 11.7. The summed E-state index contributed by atoms with van der Waals surface area (Å²) in [5, 5.41) is 17.8. The first kappa shape index (κ1) is 15.3. The molecule has 2 rings (SSSR count). The summed E-state index contributed by atoms with van der Waals surface area (Å²) in [6.07, 6.45) is 0. The third kappa shape index (κ3) is 3.12. The fourth-order valence-corrected chi connectivity index (χ4v) is 1.97. The largest absolute Gasteiger partial charge is 0.478 e. The Bertz CT molecular complexity index is 685. The van der Waals surface area contributed by atoms with E-state index in [0.717, 1.165) is 11.1 Å². The Morgan fingerprint density at radius 2 is 0.909 bits per heavy atom. The van der Waals surface area contributed by atoms with Gasteiger partial charge in [-0.3, -0.25) is 0 Å². The van der Waals surface area contributed by atoms with Gasteiger partial charge >= 0.3 is 11.9 Å². The van der Waals surface area contributed by atoms with Crippen LogP contribution in [0, 0.1) is 0 Å². The highest BCUT2D eigenvalue weighted by molar-refractivity contribution is 6.15. The molecule has 0 atom stereocenters.